The van der Waals surface area contributed by atoms with Crippen molar-refractivity contribution in [2.45, 2.75) is 19.3 Å². The van der Waals surface area contributed by atoms with Crippen molar-refractivity contribution in [2.75, 3.05) is 6.54 Å². The summed E-state index contributed by atoms with van der Waals surface area (Å²) in [5.41, 5.74) is 2.10. The van der Waals surface area contributed by atoms with Crippen LogP contribution in [0.3, 0.4) is 0 Å². The van der Waals surface area contributed by atoms with E-state index < -0.39 is 0 Å². The normalized spacial score (nSPS) is 10.9. The van der Waals surface area contributed by atoms with E-state index in [4.69, 9.17) is 23.2 Å². The molecule has 0 atom stereocenters. The maximum Gasteiger partial charge on any atom is 0.243 e. The molecule has 0 saturated carbocycles. The number of unbranched alkanes of at least 4 members (excludes halogenated alkanes) is 1. The quantitative estimate of drug-likeness (QED) is 0.544. The fraction of sp³-hybridized carbons (Fsp3) is 0.211. The molecule has 0 aliphatic carbocycles. The first-order valence-electron chi connectivity index (χ1n) is 7.60. The van der Waals surface area contributed by atoms with E-state index in [9.17, 15) is 4.79 Å². The number of benzene rings is 2. The number of amides is 1. The van der Waals surface area contributed by atoms with Gasteiger partial charge in [0.2, 0.25) is 5.91 Å². The molecule has 0 unspecified atom stereocenters. The van der Waals surface area contributed by atoms with Crippen molar-refractivity contribution in [3.63, 3.8) is 0 Å². The second-order valence-electron chi connectivity index (χ2n) is 5.23. The van der Waals surface area contributed by atoms with Crippen molar-refractivity contribution in [1.29, 1.82) is 0 Å². The SMILES string of the molecule is O=C(/C=C/c1ccc(Cl)cc1Cl)NCCCCc1ccccc1. The number of carbonyl (C=O) groups is 1. The first-order valence-corrected chi connectivity index (χ1v) is 8.35. The van der Waals surface area contributed by atoms with E-state index in [0.717, 1.165) is 24.8 Å². The van der Waals surface area contributed by atoms with Gasteiger partial charge in [-0.05, 0) is 48.6 Å². The Balaban J connectivity index is 1.68. The highest BCUT2D eigenvalue weighted by Gasteiger charge is 1.99. The summed E-state index contributed by atoms with van der Waals surface area (Å²) in [6.45, 7) is 0.671. The summed E-state index contributed by atoms with van der Waals surface area (Å²) in [5, 5.41) is 3.99. The zero-order chi connectivity index (χ0) is 16.5. The van der Waals surface area contributed by atoms with Gasteiger partial charge in [-0.2, -0.15) is 0 Å². The Labute approximate surface area is 147 Å². The van der Waals surface area contributed by atoms with Crippen LogP contribution in [0.25, 0.3) is 6.08 Å². The number of hydrogen-bond acceptors (Lipinski definition) is 1. The van der Waals surface area contributed by atoms with Gasteiger partial charge in [-0.25, -0.2) is 0 Å². The maximum atomic E-state index is 11.8. The number of rotatable bonds is 7. The lowest BCUT2D eigenvalue weighted by Crippen LogP contribution is -2.22. The third-order valence-electron chi connectivity index (χ3n) is 3.41. The third kappa shape index (κ3) is 6.47. The van der Waals surface area contributed by atoms with Gasteiger partial charge in [0.25, 0.3) is 0 Å². The highest BCUT2D eigenvalue weighted by Crippen LogP contribution is 2.21. The summed E-state index contributed by atoms with van der Waals surface area (Å²) in [7, 11) is 0. The summed E-state index contributed by atoms with van der Waals surface area (Å²) in [4.78, 5) is 11.8. The van der Waals surface area contributed by atoms with Gasteiger partial charge < -0.3 is 5.32 Å². The third-order valence-corrected chi connectivity index (χ3v) is 3.97. The van der Waals surface area contributed by atoms with Gasteiger partial charge in [0.15, 0.2) is 0 Å². The molecule has 0 fully saturated rings. The van der Waals surface area contributed by atoms with Crippen molar-refractivity contribution in [3.05, 3.63) is 75.8 Å². The van der Waals surface area contributed by atoms with Crippen LogP contribution in [0, 0.1) is 0 Å². The monoisotopic (exact) mass is 347 g/mol. The highest BCUT2D eigenvalue weighted by molar-refractivity contribution is 6.35. The van der Waals surface area contributed by atoms with Crippen LogP contribution in [0.5, 0.6) is 0 Å². The molecule has 0 aliphatic heterocycles. The Morgan fingerprint density at radius 2 is 1.83 bits per heavy atom. The minimum atomic E-state index is -0.115. The Morgan fingerprint density at radius 1 is 1.04 bits per heavy atom. The zero-order valence-electron chi connectivity index (χ0n) is 12.8. The number of halogens is 2. The van der Waals surface area contributed by atoms with Crippen LogP contribution in [0.2, 0.25) is 10.0 Å². The zero-order valence-corrected chi connectivity index (χ0v) is 14.3. The fourth-order valence-corrected chi connectivity index (χ4v) is 2.64. The Hall–Kier alpha value is -1.77. The molecular weight excluding hydrogens is 329 g/mol. The van der Waals surface area contributed by atoms with E-state index in [-0.39, 0.29) is 5.91 Å². The average molecular weight is 348 g/mol. The molecule has 23 heavy (non-hydrogen) atoms. The molecular formula is C19H19Cl2NO. The average Bonchev–Trinajstić information content (AvgIpc) is 2.54. The van der Waals surface area contributed by atoms with E-state index in [1.54, 1.807) is 24.3 Å². The topological polar surface area (TPSA) is 29.1 Å². The van der Waals surface area contributed by atoms with Crippen LogP contribution >= 0.6 is 23.2 Å². The molecule has 0 spiro atoms. The van der Waals surface area contributed by atoms with Crippen molar-refractivity contribution < 1.29 is 4.79 Å². The van der Waals surface area contributed by atoms with Gasteiger partial charge in [-0.15, -0.1) is 0 Å². The lowest BCUT2D eigenvalue weighted by molar-refractivity contribution is -0.116. The summed E-state index contributed by atoms with van der Waals surface area (Å²) < 4.78 is 0. The van der Waals surface area contributed by atoms with E-state index in [0.29, 0.717) is 16.6 Å². The minimum absolute atomic E-state index is 0.115. The van der Waals surface area contributed by atoms with Crippen molar-refractivity contribution in [2.24, 2.45) is 0 Å². The summed E-state index contributed by atoms with van der Waals surface area (Å²) >= 11 is 11.9. The van der Waals surface area contributed by atoms with Gasteiger partial charge in [-0.3, -0.25) is 4.79 Å². The van der Waals surface area contributed by atoms with Crippen LogP contribution in [0.4, 0.5) is 0 Å². The molecule has 1 amide bonds. The van der Waals surface area contributed by atoms with Gasteiger partial charge in [-0.1, -0.05) is 59.6 Å². The first-order chi connectivity index (χ1) is 11.1. The van der Waals surface area contributed by atoms with E-state index in [2.05, 4.69) is 17.4 Å². The molecule has 2 aromatic rings. The van der Waals surface area contributed by atoms with Crippen LogP contribution in [0.15, 0.2) is 54.6 Å². The molecule has 4 heteroatoms. The van der Waals surface area contributed by atoms with Crippen LogP contribution < -0.4 is 5.32 Å². The molecule has 0 aromatic heterocycles. The summed E-state index contributed by atoms with van der Waals surface area (Å²) in [6.07, 6.45) is 6.23. The number of carbonyl (C=O) groups excluding carboxylic acids is 1. The molecule has 2 nitrogen and oxygen atoms in total. The number of aryl methyl sites for hydroxylation is 1. The predicted molar refractivity (Wildman–Crippen MR) is 97.9 cm³/mol. The van der Waals surface area contributed by atoms with Crippen molar-refractivity contribution in [3.8, 4) is 0 Å². The minimum Gasteiger partial charge on any atom is -0.353 e. The second kappa shape index (κ2) is 9.39. The van der Waals surface area contributed by atoms with E-state index in [1.165, 1.54) is 11.6 Å². The number of hydrogen-bond donors (Lipinski definition) is 1. The lowest BCUT2D eigenvalue weighted by Gasteiger charge is -2.03. The van der Waals surface area contributed by atoms with Gasteiger partial charge >= 0.3 is 0 Å². The van der Waals surface area contributed by atoms with Crippen LogP contribution in [-0.4, -0.2) is 12.5 Å². The molecule has 2 aromatic carbocycles. The predicted octanol–water partition coefficient (Wildman–Crippen LogP) is 5.15. The largest absolute Gasteiger partial charge is 0.353 e. The summed E-state index contributed by atoms with van der Waals surface area (Å²) in [6, 6.07) is 15.5. The van der Waals surface area contributed by atoms with Crippen molar-refractivity contribution >= 4 is 35.2 Å². The highest BCUT2D eigenvalue weighted by atomic mass is 35.5. The smallest absolute Gasteiger partial charge is 0.243 e. The standard InChI is InChI=1S/C19H19Cl2NO/c20-17-11-9-16(18(21)14-17)10-12-19(23)22-13-5-4-8-15-6-2-1-3-7-15/h1-3,6-7,9-12,14H,4-5,8,13H2,(H,22,23)/b12-10+. The van der Waals surface area contributed by atoms with Crippen LogP contribution in [-0.2, 0) is 11.2 Å². The molecule has 0 bridgehead atoms. The first kappa shape index (κ1) is 17.6. The Kier molecular flexibility index (Phi) is 7.18. The fourth-order valence-electron chi connectivity index (χ4n) is 2.17. The molecule has 0 saturated heterocycles. The van der Waals surface area contributed by atoms with Gasteiger partial charge in [0.1, 0.15) is 0 Å². The summed E-state index contributed by atoms with van der Waals surface area (Å²) in [5.74, 6) is -0.115. The second-order valence-corrected chi connectivity index (χ2v) is 6.08. The lowest BCUT2D eigenvalue weighted by atomic mass is 10.1. The van der Waals surface area contributed by atoms with Gasteiger partial charge in [0, 0.05) is 22.7 Å². The molecule has 120 valence electrons. The Bertz CT molecular complexity index is 668. The molecule has 2 rings (SSSR count). The maximum absolute atomic E-state index is 11.8. The van der Waals surface area contributed by atoms with E-state index in [1.807, 2.05) is 18.2 Å². The van der Waals surface area contributed by atoms with E-state index >= 15 is 0 Å². The molecule has 1 N–H and O–H groups in total. The van der Waals surface area contributed by atoms with Crippen molar-refractivity contribution in [1.82, 2.24) is 5.32 Å². The van der Waals surface area contributed by atoms with Crippen LogP contribution in [0.1, 0.15) is 24.0 Å². The molecule has 0 heterocycles. The molecule has 0 aliphatic rings. The Morgan fingerprint density at radius 3 is 2.57 bits per heavy atom. The number of nitrogens with one attached hydrogen (secondary N) is 1. The van der Waals surface area contributed by atoms with Gasteiger partial charge in [0.05, 0.1) is 0 Å². The molecule has 0 radical (unpaired) electrons.